The Morgan fingerprint density at radius 3 is 1.41 bits per heavy atom. The number of nitrogens with one attached hydrogen (secondary N) is 9. The third-order valence-corrected chi connectivity index (χ3v) is 21.0. The molecule has 0 bridgehead atoms. The van der Waals surface area contributed by atoms with E-state index in [1.165, 1.54) is 18.1 Å². The number of fused-ring (bicyclic) bond motifs is 7. The zero-order valence-electron chi connectivity index (χ0n) is 63.0. The van der Waals surface area contributed by atoms with Crippen molar-refractivity contribution in [3.05, 3.63) is 280 Å². The molecule has 9 N–H and O–H groups in total. The fourth-order valence-electron chi connectivity index (χ4n) is 15.2. The summed E-state index contributed by atoms with van der Waals surface area (Å²) in [6, 6.07) is 56.9. The van der Waals surface area contributed by atoms with Gasteiger partial charge in [0.05, 0.1) is 36.7 Å². The van der Waals surface area contributed by atoms with Crippen LogP contribution in [0, 0.1) is 0 Å². The molecule has 0 spiro atoms. The molecule has 6 aliphatic heterocycles. The van der Waals surface area contributed by atoms with Gasteiger partial charge in [0, 0.05) is 145 Å². The number of carbonyl (C=O) groups excluding carboxylic acids is 10. The molecule has 570 valence electrons. The number of pyridine rings is 1. The molecule has 1 fully saturated rings. The first-order chi connectivity index (χ1) is 54.0. The number of amides is 10. The lowest BCUT2D eigenvalue weighted by atomic mass is 9.82. The summed E-state index contributed by atoms with van der Waals surface area (Å²) in [5.41, 5.74) is 20.6. The van der Waals surface area contributed by atoms with Crippen LogP contribution >= 0.6 is 0 Å². The second-order valence-electron chi connectivity index (χ2n) is 29.0. The minimum Gasteiger partial charge on any atom is -0.359 e. The van der Waals surface area contributed by atoms with Gasteiger partial charge >= 0.3 is 0 Å². The summed E-state index contributed by atoms with van der Waals surface area (Å²) in [6.07, 6.45) is 11.8. The van der Waals surface area contributed by atoms with Crippen LogP contribution in [0.4, 0.5) is 57.0 Å². The first-order valence-electron chi connectivity index (χ1n) is 37.6. The third-order valence-electron chi connectivity index (χ3n) is 21.0. The molecule has 8 aliphatic rings. The molecule has 23 heteroatoms. The fraction of sp³-hybridized carbons (Fsp3) is 0.247. The molecule has 7 heterocycles. The van der Waals surface area contributed by atoms with Crippen LogP contribution in [0.5, 0.6) is 0 Å². The second-order valence-corrected chi connectivity index (χ2v) is 29.0. The molecule has 1 saturated heterocycles. The van der Waals surface area contributed by atoms with Crippen molar-refractivity contribution in [1.82, 2.24) is 14.8 Å². The van der Waals surface area contributed by atoms with Crippen LogP contribution < -0.4 is 52.8 Å². The Morgan fingerprint density at radius 1 is 0.438 bits per heavy atom. The van der Waals surface area contributed by atoms with Crippen molar-refractivity contribution in [2.45, 2.75) is 115 Å². The highest BCUT2D eigenvalue weighted by Gasteiger charge is 2.32. The van der Waals surface area contributed by atoms with Gasteiger partial charge in [0.25, 0.3) is 17.7 Å². The van der Waals surface area contributed by atoms with Gasteiger partial charge in [0.15, 0.2) is 0 Å². The van der Waals surface area contributed by atoms with Crippen LogP contribution in [0.25, 0.3) is 0 Å². The number of piperidine rings is 1. The Labute approximate surface area is 650 Å². The molecular formula is C89H89N13O10. The molecular weight excluding hydrogens is 1410 g/mol. The molecule has 0 unspecified atom stereocenters. The van der Waals surface area contributed by atoms with E-state index < -0.39 is 0 Å². The smallest absolute Gasteiger partial charge is 0.259 e. The number of benzene rings is 8. The average molecular weight is 1500 g/mol. The van der Waals surface area contributed by atoms with E-state index in [9.17, 15) is 47.9 Å². The van der Waals surface area contributed by atoms with Crippen molar-refractivity contribution in [3.8, 4) is 0 Å². The lowest BCUT2D eigenvalue weighted by molar-refractivity contribution is -0.130. The van der Waals surface area contributed by atoms with Crippen LogP contribution in [-0.4, -0.2) is 107 Å². The normalized spacial score (nSPS) is 16.1. The molecule has 9 aromatic rings. The number of rotatable bonds is 11. The van der Waals surface area contributed by atoms with Crippen LogP contribution in [0.1, 0.15) is 145 Å². The average Bonchev–Trinajstić information content (AvgIpc) is 1.26. The van der Waals surface area contributed by atoms with E-state index in [4.69, 9.17) is 0 Å². The molecule has 8 aromatic carbocycles. The number of para-hydroxylation sites is 1. The lowest BCUT2D eigenvalue weighted by Crippen LogP contribution is -2.46. The highest BCUT2D eigenvalue weighted by molar-refractivity contribution is 6.08. The third kappa shape index (κ3) is 18.7. The molecule has 0 radical (unpaired) electrons. The summed E-state index contributed by atoms with van der Waals surface area (Å²) in [5.74, 6) is 0.337. The SMILES string of the molecule is C=C1Cc2cc(C(=O)N(C)C3CCN(C(C)=O)CC3)ccc2N1.C=C1Cc2cc(C(=O)N(C)c3ccccc3)cnc2N1.CC(=O)Nc1ccc(C(=O)Nc2ccc3c(c2)CC(=O)N3)cc1.O=C1Cc2cc(NC(=O)[C@@H]3CCCc4ccccc43)ccc2N1.O=C1Cc2cc(NC(=O)[C@H]3CCCc4ccccc43)ccc2N1. The number of carbonyl (C=O) groups is 10. The summed E-state index contributed by atoms with van der Waals surface area (Å²) in [7, 11) is 3.63. The summed E-state index contributed by atoms with van der Waals surface area (Å²) in [4.78, 5) is 129. The Morgan fingerprint density at radius 2 is 0.884 bits per heavy atom. The molecule has 2 aliphatic carbocycles. The van der Waals surface area contributed by atoms with Crippen LogP contribution in [-0.2, 0) is 78.5 Å². The van der Waals surface area contributed by atoms with Gasteiger partial charge < -0.3 is 62.6 Å². The van der Waals surface area contributed by atoms with Gasteiger partial charge in [0.2, 0.25) is 41.4 Å². The number of hydrogen-bond donors (Lipinski definition) is 9. The van der Waals surface area contributed by atoms with Gasteiger partial charge in [-0.25, -0.2) is 4.98 Å². The Kier molecular flexibility index (Phi) is 23.7. The molecule has 23 nitrogen and oxygen atoms in total. The number of allylic oxidation sites excluding steroid dienone is 2. The summed E-state index contributed by atoms with van der Waals surface area (Å²) in [6.45, 7) is 12.3. The van der Waals surface area contributed by atoms with Crippen LogP contribution in [0.2, 0.25) is 0 Å². The number of nitrogens with zero attached hydrogens (tertiary/aromatic N) is 4. The van der Waals surface area contributed by atoms with Crippen LogP contribution in [0.15, 0.2) is 213 Å². The monoisotopic (exact) mass is 1500 g/mol. The minimum absolute atomic E-state index is 0.00434. The largest absolute Gasteiger partial charge is 0.359 e. The van der Waals surface area contributed by atoms with E-state index in [0.29, 0.717) is 41.8 Å². The summed E-state index contributed by atoms with van der Waals surface area (Å²) < 4.78 is 0. The maximum atomic E-state index is 12.7. The maximum absolute atomic E-state index is 12.7. The number of likely N-dealkylation sites (tertiary alicyclic amines) is 1. The highest BCUT2D eigenvalue weighted by Crippen LogP contribution is 2.37. The molecule has 2 atom stereocenters. The zero-order valence-corrected chi connectivity index (χ0v) is 63.0. The summed E-state index contributed by atoms with van der Waals surface area (Å²) in [5, 5.41) is 26.1. The van der Waals surface area contributed by atoms with Crippen molar-refractivity contribution in [2.24, 2.45) is 0 Å². The van der Waals surface area contributed by atoms with Gasteiger partial charge in [-0.3, -0.25) is 47.9 Å². The Bertz CT molecular complexity index is 5090. The maximum Gasteiger partial charge on any atom is 0.259 e. The number of hydrogen-bond acceptors (Lipinski definition) is 13. The van der Waals surface area contributed by atoms with Gasteiger partial charge in [-0.05, 0) is 211 Å². The van der Waals surface area contributed by atoms with Crippen molar-refractivity contribution in [2.75, 3.05) is 79.9 Å². The summed E-state index contributed by atoms with van der Waals surface area (Å²) >= 11 is 0. The van der Waals surface area contributed by atoms with Crippen molar-refractivity contribution < 1.29 is 47.9 Å². The van der Waals surface area contributed by atoms with Crippen molar-refractivity contribution in [3.63, 3.8) is 0 Å². The fourth-order valence-corrected chi connectivity index (χ4v) is 15.2. The Balaban J connectivity index is 0.000000123. The minimum atomic E-state index is -0.253. The molecule has 1 aromatic heterocycles. The van der Waals surface area contributed by atoms with Gasteiger partial charge in [-0.2, -0.15) is 0 Å². The van der Waals surface area contributed by atoms with Crippen LogP contribution in [0.3, 0.4) is 0 Å². The van der Waals surface area contributed by atoms with E-state index in [1.807, 2.05) is 132 Å². The van der Waals surface area contributed by atoms with E-state index in [0.717, 1.165) is 179 Å². The Hall–Kier alpha value is -13.3. The molecule has 10 amide bonds. The predicted octanol–water partition coefficient (Wildman–Crippen LogP) is 14.0. The zero-order chi connectivity index (χ0) is 78.7. The van der Waals surface area contributed by atoms with Gasteiger partial charge in [-0.1, -0.05) is 79.9 Å². The van der Waals surface area contributed by atoms with E-state index in [1.54, 1.807) is 67.5 Å². The van der Waals surface area contributed by atoms with Crippen molar-refractivity contribution >= 4 is 116 Å². The predicted molar refractivity (Wildman–Crippen MR) is 437 cm³/mol. The first-order valence-corrected chi connectivity index (χ1v) is 37.6. The van der Waals surface area contributed by atoms with Gasteiger partial charge in [0.1, 0.15) is 5.82 Å². The van der Waals surface area contributed by atoms with E-state index in [-0.39, 0.29) is 76.9 Å². The number of anilines is 10. The molecule has 0 saturated carbocycles. The molecule has 112 heavy (non-hydrogen) atoms. The van der Waals surface area contributed by atoms with E-state index >= 15 is 0 Å². The number of aryl methyl sites for hydroxylation is 2. The topological polar surface area (TPSA) is 302 Å². The van der Waals surface area contributed by atoms with E-state index in [2.05, 4.69) is 90.3 Å². The molecule has 17 rings (SSSR count). The quantitative estimate of drug-likeness (QED) is 0.0583. The highest BCUT2D eigenvalue weighted by atomic mass is 16.2. The standard InChI is InChI=1S/2C19H18N2O2.C18H23N3O2.C17H15N3O3.C16H15N3O/c2*22-18-11-13-10-14(8-9-17(13)21-18)20-19(23)16-7-3-5-12-4-1-2-6-15(12)16;1-12-10-15-11-14(4-5-17(15)19-12)18(23)20(3)16-6-8-21(9-7-16)13(2)22;1-10(21)18-13-4-2-11(3-5-13)17(23)19-14-6-7-15-12(8-14)9-16(22)20-15;1-11-8-12-9-13(10-17-15(12)18-11)16(20)19(2)14-6-4-3-5-7-14/h2*1-2,4,6,8-10,16H,3,5,7,11H2,(H,20,23)(H,21,22);4-5,11,16,19H,1,6-10H2,2-3H3;2-8H,9H2,1H3,(H,18,21)(H,19,23)(H,20,22);3-7,9-10H,1,8H2,2H3,(H,17,18)/t2*16-;;;/m10.../s1. The second kappa shape index (κ2) is 34.5. The number of aromatic nitrogens is 1. The van der Waals surface area contributed by atoms with Gasteiger partial charge in [-0.15, -0.1) is 0 Å². The first kappa shape index (κ1) is 76.9. The lowest BCUT2D eigenvalue weighted by Gasteiger charge is -2.36. The van der Waals surface area contributed by atoms with Crippen molar-refractivity contribution in [1.29, 1.82) is 0 Å².